The molecule has 0 radical (unpaired) electrons. The maximum atomic E-state index is 12.3. The van der Waals surface area contributed by atoms with Gasteiger partial charge in [-0.3, -0.25) is 9.59 Å². The maximum Gasteiger partial charge on any atom is 0.163 e. The summed E-state index contributed by atoms with van der Waals surface area (Å²) in [5, 5.41) is 0. The second-order valence-corrected chi connectivity index (χ2v) is 6.31. The molecule has 1 heterocycles. The molecule has 0 bridgehead atoms. The van der Waals surface area contributed by atoms with Gasteiger partial charge in [0.1, 0.15) is 0 Å². The Bertz CT molecular complexity index is 686. The molecule has 0 aliphatic carbocycles. The normalized spacial score (nSPS) is 13.5. The molecule has 0 N–H and O–H groups in total. The first-order valence-electron chi connectivity index (χ1n) is 9.70. The topological polar surface area (TPSA) is 37.4 Å². The summed E-state index contributed by atoms with van der Waals surface area (Å²) in [7, 11) is 0. The molecule has 26 heavy (non-hydrogen) atoms. The predicted molar refractivity (Wildman–Crippen MR) is 108 cm³/mol. The van der Waals surface area contributed by atoms with Crippen molar-refractivity contribution in [3.05, 3.63) is 65.7 Å². The molecule has 3 heteroatoms. The SMILES string of the molecule is CC.O=C(CCC(=O)c1ccc(N2CCCCC2)cc1)c1ccccc1. The lowest BCUT2D eigenvalue weighted by molar-refractivity contribution is 0.0917. The molecule has 1 aliphatic heterocycles. The first kappa shape index (κ1) is 19.9. The van der Waals surface area contributed by atoms with Crippen molar-refractivity contribution >= 4 is 17.3 Å². The van der Waals surface area contributed by atoms with E-state index in [1.807, 2.05) is 56.3 Å². The smallest absolute Gasteiger partial charge is 0.163 e. The van der Waals surface area contributed by atoms with Gasteiger partial charge in [-0.2, -0.15) is 0 Å². The highest BCUT2D eigenvalue weighted by molar-refractivity contribution is 6.02. The molecular weight excluding hydrogens is 322 g/mol. The third-order valence-corrected chi connectivity index (χ3v) is 4.59. The molecule has 1 saturated heterocycles. The number of piperidine rings is 1. The van der Waals surface area contributed by atoms with Gasteiger partial charge in [-0.1, -0.05) is 44.2 Å². The number of carbonyl (C=O) groups is 2. The van der Waals surface area contributed by atoms with E-state index in [1.165, 1.54) is 24.9 Å². The highest BCUT2D eigenvalue weighted by atomic mass is 16.1. The van der Waals surface area contributed by atoms with E-state index in [-0.39, 0.29) is 24.4 Å². The second-order valence-electron chi connectivity index (χ2n) is 6.31. The van der Waals surface area contributed by atoms with E-state index < -0.39 is 0 Å². The van der Waals surface area contributed by atoms with Gasteiger partial charge < -0.3 is 4.90 Å². The molecule has 0 aromatic heterocycles. The standard InChI is InChI=1S/C21H23NO2.C2H6/c23-20(17-7-3-1-4-8-17)13-14-21(24)18-9-11-19(12-10-18)22-15-5-2-6-16-22;1-2/h1,3-4,7-12H,2,5-6,13-16H2;1-2H3. The van der Waals surface area contributed by atoms with Crippen molar-refractivity contribution in [2.75, 3.05) is 18.0 Å². The summed E-state index contributed by atoms with van der Waals surface area (Å²) in [6.07, 6.45) is 4.31. The number of anilines is 1. The van der Waals surface area contributed by atoms with Crippen LogP contribution in [0.5, 0.6) is 0 Å². The van der Waals surface area contributed by atoms with Crippen LogP contribution in [0.25, 0.3) is 0 Å². The zero-order valence-corrected chi connectivity index (χ0v) is 15.9. The molecule has 1 aliphatic rings. The number of hydrogen-bond acceptors (Lipinski definition) is 3. The minimum atomic E-state index is 0.0221. The van der Waals surface area contributed by atoms with Gasteiger partial charge in [-0.15, -0.1) is 0 Å². The molecule has 0 amide bonds. The molecule has 2 aromatic rings. The van der Waals surface area contributed by atoms with Crippen molar-refractivity contribution in [2.45, 2.75) is 46.0 Å². The summed E-state index contributed by atoms with van der Waals surface area (Å²) < 4.78 is 0. The second kappa shape index (κ2) is 10.5. The van der Waals surface area contributed by atoms with Crippen LogP contribution in [0.2, 0.25) is 0 Å². The van der Waals surface area contributed by atoms with E-state index in [9.17, 15) is 9.59 Å². The minimum absolute atomic E-state index is 0.0221. The number of Topliss-reactive ketones (excluding diaryl/α,β-unsaturated/α-hetero) is 2. The highest BCUT2D eigenvalue weighted by Crippen LogP contribution is 2.21. The van der Waals surface area contributed by atoms with Crippen molar-refractivity contribution in [2.24, 2.45) is 0 Å². The Morgan fingerprint density at radius 3 is 1.77 bits per heavy atom. The lowest BCUT2D eigenvalue weighted by Crippen LogP contribution is -2.29. The van der Waals surface area contributed by atoms with E-state index in [4.69, 9.17) is 0 Å². The summed E-state index contributed by atoms with van der Waals surface area (Å²) >= 11 is 0. The van der Waals surface area contributed by atoms with Gasteiger partial charge in [0.15, 0.2) is 11.6 Å². The molecule has 0 spiro atoms. The molecule has 2 aromatic carbocycles. The third kappa shape index (κ3) is 5.55. The molecule has 138 valence electrons. The monoisotopic (exact) mass is 351 g/mol. The van der Waals surface area contributed by atoms with Gasteiger partial charge in [-0.25, -0.2) is 0 Å². The lowest BCUT2D eigenvalue weighted by atomic mass is 10.0. The molecule has 3 nitrogen and oxygen atoms in total. The van der Waals surface area contributed by atoms with Crippen molar-refractivity contribution in [3.63, 3.8) is 0 Å². The lowest BCUT2D eigenvalue weighted by Gasteiger charge is -2.28. The summed E-state index contributed by atoms with van der Waals surface area (Å²) in [6, 6.07) is 17.0. The summed E-state index contributed by atoms with van der Waals surface area (Å²) in [5.74, 6) is 0.0540. The van der Waals surface area contributed by atoms with Crippen LogP contribution in [-0.4, -0.2) is 24.7 Å². The fourth-order valence-corrected chi connectivity index (χ4v) is 3.15. The van der Waals surface area contributed by atoms with Crippen LogP contribution in [0.15, 0.2) is 54.6 Å². The van der Waals surface area contributed by atoms with Gasteiger partial charge in [-0.05, 0) is 43.5 Å². The van der Waals surface area contributed by atoms with E-state index >= 15 is 0 Å². The molecule has 1 fully saturated rings. The molecule has 0 atom stereocenters. The number of benzene rings is 2. The van der Waals surface area contributed by atoms with Crippen molar-refractivity contribution in [1.29, 1.82) is 0 Å². The van der Waals surface area contributed by atoms with Crippen LogP contribution < -0.4 is 4.90 Å². The zero-order valence-electron chi connectivity index (χ0n) is 15.9. The first-order chi connectivity index (χ1) is 12.7. The molecule has 0 saturated carbocycles. The summed E-state index contributed by atoms with van der Waals surface area (Å²) in [6.45, 7) is 6.19. The minimum Gasteiger partial charge on any atom is -0.372 e. The number of ketones is 2. The van der Waals surface area contributed by atoms with Gasteiger partial charge in [0.05, 0.1) is 0 Å². The van der Waals surface area contributed by atoms with E-state index in [0.29, 0.717) is 11.1 Å². The summed E-state index contributed by atoms with van der Waals surface area (Å²) in [5.41, 5.74) is 2.55. The van der Waals surface area contributed by atoms with Gasteiger partial charge in [0.2, 0.25) is 0 Å². The van der Waals surface area contributed by atoms with Crippen LogP contribution in [0.3, 0.4) is 0 Å². The Morgan fingerprint density at radius 1 is 0.731 bits per heavy atom. The average molecular weight is 351 g/mol. The third-order valence-electron chi connectivity index (χ3n) is 4.59. The number of hydrogen-bond donors (Lipinski definition) is 0. The molecule has 3 rings (SSSR count). The van der Waals surface area contributed by atoms with Crippen LogP contribution in [0, 0.1) is 0 Å². The fourth-order valence-electron chi connectivity index (χ4n) is 3.15. The average Bonchev–Trinajstić information content (AvgIpc) is 2.74. The zero-order chi connectivity index (χ0) is 18.8. The van der Waals surface area contributed by atoms with Crippen molar-refractivity contribution in [3.8, 4) is 0 Å². The van der Waals surface area contributed by atoms with Gasteiger partial charge >= 0.3 is 0 Å². The Morgan fingerprint density at radius 2 is 1.23 bits per heavy atom. The highest BCUT2D eigenvalue weighted by Gasteiger charge is 2.13. The van der Waals surface area contributed by atoms with Crippen molar-refractivity contribution < 1.29 is 9.59 Å². The number of carbonyl (C=O) groups excluding carboxylic acids is 2. The van der Waals surface area contributed by atoms with Crippen LogP contribution in [0.4, 0.5) is 5.69 Å². The van der Waals surface area contributed by atoms with Crippen LogP contribution in [-0.2, 0) is 0 Å². The van der Waals surface area contributed by atoms with E-state index in [0.717, 1.165) is 13.1 Å². The Kier molecular flexibility index (Phi) is 8.07. The largest absolute Gasteiger partial charge is 0.372 e. The van der Waals surface area contributed by atoms with Gasteiger partial charge in [0, 0.05) is 42.7 Å². The summed E-state index contributed by atoms with van der Waals surface area (Å²) in [4.78, 5) is 26.8. The Labute approximate surface area is 157 Å². The first-order valence-corrected chi connectivity index (χ1v) is 9.70. The maximum absolute atomic E-state index is 12.3. The molecule has 0 unspecified atom stereocenters. The number of nitrogens with zero attached hydrogens (tertiary/aromatic N) is 1. The van der Waals surface area contributed by atoms with E-state index in [1.54, 1.807) is 12.1 Å². The number of rotatable bonds is 6. The van der Waals surface area contributed by atoms with E-state index in [2.05, 4.69) is 4.90 Å². The van der Waals surface area contributed by atoms with Crippen LogP contribution >= 0.6 is 0 Å². The predicted octanol–water partition coefficient (Wildman–Crippen LogP) is 5.55. The molecular formula is C23H29NO2. The van der Waals surface area contributed by atoms with Crippen molar-refractivity contribution in [1.82, 2.24) is 0 Å². The fraction of sp³-hybridized carbons (Fsp3) is 0.391. The van der Waals surface area contributed by atoms with Crippen LogP contribution in [0.1, 0.15) is 66.7 Å². The van der Waals surface area contributed by atoms with Gasteiger partial charge in [0.25, 0.3) is 0 Å². The Balaban J connectivity index is 0.00000117. The quantitative estimate of drug-likeness (QED) is 0.640. The Hall–Kier alpha value is -2.42.